The molecular weight excluding hydrogens is 320 g/mol. The summed E-state index contributed by atoms with van der Waals surface area (Å²) in [5.41, 5.74) is 0.796. The molecule has 0 aromatic carbocycles. The lowest BCUT2D eigenvalue weighted by atomic mass is 9.96. The van der Waals surface area contributed by atoms with Crippen LogP contribution in [0.5, 0.6) is 0 Å². The van der Waals surface area contributed by atoms with E-state index in [4.69, 9.17) is 0 Å². The molecule has 3 heterocycles. The molecule has 24 heavy (non-hydrogen) atoms. The van der Waals surface area contributed by atoms with E-state index in [0.717, 1.165) is 35.0 Å². The van der Waals surface area contributed by atoms with Crippen molar-refractivity contribution >= 4 is 17.2 Å². The summed E-state index contributed by atoms with van der Waals surface area (Å²) in [5, 5.41) is 0.730. The highest BCUT2D eigenvalue weighted by Crippen LogP contribution is 2.37. The molecule has 1 aliphatic heterocycles. The lowest BCUT2D eigenvalue weighted by Crippen LogP contribution is -2.39. The van der Waals surface area contributed by atoms with Gasteiger partial charge in [-0.05, 0) is 44.6 Å². The lowest BCUT2D eigenvalue weighted by molar-refractivity contribution is 0.0693. The zero-order chi connectivity index (χ0) is 16.5. The third kappa shape index (κ3) is 2.83. The zero-order valence-electron chi connectivity index (χ0n) is 13.9. The number of rotatable bonds is 3. The van der Waals surface area contributed by atoms with Crippen LogP contribution in [0.15, 0.2) is 18.5 Å². The summed E-state index contributed by atoms with van der Waals surface area (Å²) in [6.07, 6.45) is 10.9. The van der Waals surface area contributed by atoms with Gasteiger partial charge >= 0.3 is 0 Å². The first-order valence-corrected chi connectivity index (χ1v) is 9.61. The highest BCUT2D eigenvalue weighted by atomic mass is 32.1. The van der Waals surface area contributed by atoms with Gasteiger partial charge in [-0.2, -0.15) is 0 Å². The van der Waals surface area contributed by atoms with Crippen LogP contribution in [0, 0.1) is 12.8 Å². The molecule has 2 fully saturated rings. The molecule has 0 N–H and O–H groups in total. The second-order valence-corrected chi connectivity index (χ2v) is 7.76. The summed E-state index contributed by atoms with van der Waals surface area (Å²) in [4.78, 5) is 29.0. The van der Waals surface area contributed by atoms with E-state index in [9.17, 15) is 4.79 Å². The van der Waals surface area contributed by atoms with Crippen LogP contribution in [-0.4, -0.2) is 38.3 Å². The molecule has 2 aliphatic rings. The Morgan fingerprint density at radius 1 is 1.17 bits per heavy atom. The first-order valence-electron chi connectivity index (χ1n) is 8.80. The summed E-state index contributed by atoms with van der Waals surface area (Å²) in [7, 11) is 0. The minimum Gasteiger partial charge on any atom is -0.335 e. The average molecular weight is 342 g/mol. The zero-order valence-corrected chi connectivity index (χ0v) is 14.8. The standard InChI is InChI=1S/C18H22N4OS/c1-12-15(24-17(21-12)16-19-9-5-10-20-16)18(23)22-11-4-8-14(22)13-6-2-3-7-13/h5,9-10,13-14H,2-4,6-8,11H2,1H3/t14-/m1/s1. The van der Waals surface area contributed by atoms with Crippen LogP contribution in [-0.2, 0) is 0 Å². The van der Waals surface area contributed by atoms with Gasteiger partial charge in [-0.3, -0.25) is 4.79 Å². The van der Waals surface area contributed by atoms with Crippen molar-refractivity contribution in [2.24, 2.45) is 5.92 Å². The Kier molecular flexibility index (Phi) is 4.31. The highest BCUT2D eigenvalue weighted by molar-refractivity contribution is 7.17. The summed E-state index contributed by atoms with van der Waals surface area (Å²) in [6, 6.07) is 2.21. The van der Waals surface area contributed by atoms with Crippen molar-refractivity contribution in [2.45, 2.75) is 51.5 Å². The van der Waals surface area contributed by atoms with Crippen molar-refractivity contribution in [1.82, 2.24) is 19.9 Å². The van der Waals surface area contributed by atoms with Crippen molar-refractivity contribution in [3.8, 4) is 10.8 Å². The lowest BCUT2D eigenvalue weighted by Gasteiger charge is -2.29. The fourth-order valence-corrected chi connectivity index (χ4v) is 5.08. The number of hydrogen-bond acceptors (Lipinski definition) is 5. The van der Waals surface area contributed by atoms with E-state index in [-0.39, 0.29) is 5.91 Å². The van der Waals surface area contributed by atoms with Gasteiger partial charge in [0.1, 0.15) is 4.88 Å². The summed E-state index contributed by atoms with van der Waals surface area (Å²) in [6.45, 7) is 2.80. The largest absolute Gasteiger partial charge is 0.335 e. The van der Waals surface area contributed by atoms with Crippen LogP contribution in [0.1, 0.15) is 53.9 Å². The molecule has 0 radical (unpaired) electrons. The van der Waals surface area contributed by atoms with Crippen LogP contribution in [0.25, 0.3) is 10.8 Å². The molecule has 0 bridgehead atoms. The number of aromatic nitrogens is 3. The number of thiazole rings is 1. The predicted molar refractivity (Wildman–Crippen MR) is 93.9 cm³/mol. The summed E-state index contributed by atoms with van der Waals surface area (Å²) < 4.78 is 0. The number of likely N-dealkylation sites (tertiary alicyclic amines) is 1. The molecule has 2 aromatic rings. The van der Waals surface area contributed by atoms with Crippen molar-refractivity contribution in [3.63, 3.8) is 0 Å². The quantitative estimate of drug-likeness (QED) is 0.853. The van der Waals surface area contributed by atoms with Gasteiger partial charge in [0.05, 0.1) is 5.69 Å². The molecule has 6 heteroatoms. The van der Waals surface area contributed by atoms with Gasteiger partial charge in [-0.15, -0.1) is 11.3 Å². The van der Waals surface area contributed by atoms with Crippen molar-refractivity contribution in [2.75, 3.05) is 6.54 Å². The smallest absolute Gasteiger partial charge is 0.266 e. The van der Waals surface area contributed by atoms with Gasteiger partial charge in [-0.25, -0.2) is 15.0 Å². The SMILES string of the molecule is Cc1nc(-c2ncccn2)sc1C(=O)N1CCC[C@@H]1C1CCCC1. The Balaban J connectivity index is 1.59. The second kappa shape index (κ2) is 6.59. The number of amides is 1. The Morgan fingerprint density at radius 3 is 2.67 bits per heavy atom. The van der Waals surface area contributed by atoms with E-state index in [2.05, 4.69) is 19.9 Å². The first-order chi connectivity index (χ1) is 11.7. The monoisotopic (exact) mass is 342 g/mol. The molecule has 2 aromatic heterocycles. The molecule has 0 unspecified atom stereocenters. The van der Waals surface area contributed by atoms with Gasteiger partial charge in [0, 0.05) is 25.0 Å². The maximum atomic E-state index is 13.1. The Bertz CT molecular complexity index is 724. The van der Waals surface area contributed by atoms with Crippen LogP contribution in [0.2, 0.25) is 0 Å². The predicted octanol–water partition coefficient (Wildman–Crippen LogP) is 3.70. The Hall–Kier alpha value is -1.82. The summed E-state index contributed by atoms with van der Waals surface area (Å²) >= 11 is 1.42. The summed E-state index contributed by atoms with van der Waals surface area (Å²) in [5.74, 6) is 1.45. The van der Waals surface area contributed by atoms with Gasteiger partial charge in [0.15, 0.2) is 10.8 Å². The normalized spacial score (nSPS) is 21.5. The molecule has 1 saturated carbocycles. The van der Waals surface area contributed by atoms with E-state index in [1.807, 2.05) is 6.92 Å². The maximum Gasteiger partial charge on any atom is 0.266 e. The molecule has 4 rings (SSSR count). The van der Waals surface area contributed by atoms with Gasteiger partial charge in [-0.1, -0.05) is 12.8 Å². The van der Waals surface area contributed by atoms with Crippen LogP contribution in [0.4, 0.5) is 0 Å². The van der Waals surface area contributed by atoms with E-state index >= 15 is 0 Å². The molecule has 1 atom stereocenters. The van der Waals surface area contributed by atoms with Crippen molar-refractivity contribution < 1.29 is 4.79 Å². The van der Waals surface area contributed by atoms with Gasteiger partial charge in [0.25, 0.3) is 5.91 Å². The van der Waals surface area contributed by atoms with Crippen molar-refractivity contribution in [1.29, 1.82) is 0 Å². The van der Waals surface area contributed by atoms with Crippen LogP contribution in [0.3, 0.4) is 0 Å². The first kappa shape index (κ1) is 15.7. The Morgan fingerprint density at radius 2 is 1.92 bits per heavy atom. The van der Waals surface area contributed by atoms with Gasteiger partial charge < -0.3 is 4.90 Å². The van der Waals surface area contributed by atoms with E-state index in [1.54, 1.807) is 18.5 Å². The number of aryl methyl sites for hydroxylation is 1. The number of hydrogen-bond donors (Lipinski definition) is 0. The number of nitrogens with zero attached hydrogens (tertiary/aromatic N) is 4. The molecule has 1 aliphatic carbocycles. The average Bonchev–Trinajstić information content (AvgIpc) is 3.35. The fraction of sp³-hybridized carbons (Fsp3) is 0.556. The second-order valence-electron chi connectivity index (χ2n) is 6.76. The molecular formula is C18H22N4OS. The van der Waals surface area contributed by atoms with Crippen LogP contribution >= 0.6 is 11.3 Å². The van der Waals surface area contributed by atoms with Gasteiger partial charge in [0.2, 0.25) is 0 Å². The third-order valence-corrected chi connectivity index (χ3v) is 6.39. The number of carbonyl (C=O) groups excluding carboxylic acids is 1. The Labute approximate surface area is 146 Å². The molecule has 1 amide bonds. The molecule has 126 valence electrons. The number of carbonyl (C=O) groups is 1. The molecule has 5 nitrogen and oxygen atoms in total. The van der Waals surface area contributed by atoms with E-state index < -0.39 is 0 Å². The third-order valence-electron chi connectivity index (χ3n) is 5.25. The minimum absolute atomic E-state index is 0.154. The molecule has 0 spiro atoms. The highest BCUT2D eigenvalue weighted by Gasteiger charge is 2.37. The van der Waals surface area contributed by atoms with Crippen molar-refractivity contribution in [3.05, 3.63) is 29.0 Å². The fourth-order valence-electron chi connectivity index (χ4n) is 4.11. The molecule has 1 saturated heterocycles. The van der Waals surface area contributed by atoms with Crippen LogP contribution < -0.4 is 0 Å². The maximum absolute atomic E-state index is 13.1. The van der Waals surface area contributed by atoms with E-state index in [0.29, 0.717) is 17.8 Å². The topological polar surface area (TPSA) is 59.0 Å². The minimum atomic E-state index is 0.154. The van der Waals surface area contributed by atoms with E-state index in [1.165, 1.54) is 37.0 Å².